The number of carbonyl (C=O) groups is 2. The van der Waals surface area contributed by atoms with Crippen molar-refractivity contribution >= 4 is 51.6 Å². The molecule has 1 heterocycles. The summed E-state index contributed by atoms with van der Waals surface area (Å²) in [5, 5.41) is -0.330. The van der Waals surface area contributed by atoms with E-state index >= 15 is 0 Å². The first-order valence-corrected chi connectivity index (χ1v) is 13.5. The lowest BCUT2D eigenvalue weighted by molar-refractivity contribution is -0.123. The Hall–Kier alpha value is -3.05. The monoisotopic (exact) mass is 633 g/mol. The van der Waals surface area contributed by atoms with E-state index in [0.29, 0.717) is 34.3 Å². The van der Waals surface area contributed by atoms with Gasteiger partial charge < -0.3 is 14.2 Å². The van der Waals surface area contributed by atoms with Gasteiger partial charge in [-0.3, -0.25) is 14.5 Å². The summed E-state index contributed by atoms with van der Waals surface area (Å²) in [6, 6.07) is 17.3. The normalized spacial score (nSPS) is 14.4. The van der Waals surface area contributed by atoms with Crippen molar-refractivity contribution in [1.29, 1.82) is 0 Å². The van der Waals surface area contributed by atoms with E-state index in [2.05, 4.69) is 22.6 Å². The maximum absolute atomic E-state index is 13.2. The maximum Gasteiger partial charge on any atom is 0.293 e. The van der Waals surface area contributed by atoms with Gasteiger partial charge in [0.05, 0.1) is 21.6 Å². The molecule has 192 valence electrons. The molecule has 4 rings (SSSR count). The van der Waals surface area contributed by atoms with Crippen molar-refractivity contribution in [3.05, 3.63) is 91.6 Å². The van der Waals surface area contributed by atoms with Gasteiger partial charge in [-0.2, -0.15) is 0 Å². The Morgan fingerprint density at radius 1 is 1.03 bits per heavy atom. The zero-order valence-corrected chi connectivity index (χ0v) is 23.3. The van der Waals surface area contributed by atoms with Crippen molar-refractivity contribution in [2.24, 2.45) is 0 Å². The van der Waals surface area contributed by atoms with E-state index in [9.17, 15) is 14.0 Å². The average Bonchev–Trinajstić information content (AvgIpc) is 3.12. The van der Waals surface area contributed by atoms with E-state index in [-0.39, 0.29) is 36.7 Å². The summed E-state index contributed by atoms with van der Waals surface area (Å²) in [6.07, 6.45) is 1.68. The molecule has 0 unspecified atom stereocenters. The second-order valence-electron chi connectivity index (χ2n) is 8.18. The number of rotatable bonds is 10. The smallest absolute Gasteiger partial charge is 0.293 e. The molecule has 0 saturated carbocycles. The van der Waals surface area contributed by atoms with Crippen LogP contribution in [0.4, 0.5) is 9.18 Å². The van der Waals surface area contributed by atoms with Crippen molar-refractivity contribution in [2.45, 2.75) is 20.5 Å². The number of carbonyl (C=O) groups excluding carboxylic acids is 2. The molecule has 0 bridgehead atoms. The fraction of sp³-hybridized carbons (Fsp3) is 0.214. The summed E-state index contributed by atoms with van der Waals surface area (Å²) in [6.45, 7) is 4.88. The number of halogens is 2. The first-order chi connectivity index (χ1) is 17.8. The molecule has 0 aromatic heterocycles. The fourth-order valence-corrected chi connectivity index (χ4v) is 5.26. The highest BCUT2D eigenvalue weighted by molar-refractivity contribution is 14.1. The number of ether oxygens (including phenoxy) is 3. The quantitative estimate of drug-likeness (QED) is 0.180. The van der Waals surface area contributed by atoms with Gasteiger partial charge in [-0.1, -0.05) is 24.3 Å². The largest absolute Gasteiger partial charge is 0.492 e. The molecule has 0 spiro atoms. The maximum atomic E-state index is 13.2. The van der Waals surface area contributed by atoms with Gasteiger partial charge in [-0.15, -0.1) is 0 Å². The highest BCUT2D eigenvalue weighted by atomic mass is 127. The molecule has 0 N–H and O–H groups in total. The number of amides is 2. The van der Waals surface area contributed by atoms with Crippen LogP contribution in [0.5, 0.6) is 17.2 Å². The summed E-state index contributed by atoms with van der Waals surface area (Å²) in [5.74, 6) is 1.12. The summed E-state index contributed by atoms with van der Waals surface area (Å²) in [7, 11) is 0. The van der Waals surface area contributed by atoms with E-state index in [1.54, 1.807) is 24.3 Å². The number of hydrogen-bond donors (Lipinski definition) is 0. The van der Waals surface area contributed by atoms with Gasteiger partial charge in [0.15, 0.2) is 11.5 Å². The van der Waals surface area contributed by atoms with Crippen LogP contribution in [0.3, 0.4) is 0 Å². The molecular formula is C28H25FINO5S. The van der Waals surface area contributed by atoms with E-state index in [0.717, 1.165) is 26.5 Å². The Morgan fingerprint density at radius 2 is 1.81 bits per heavy atom. The van der Waals surface area contributed by atoms with Gasteiger partial charge in [-0.05, 0) is 107 Å². The Balaban J connectivity index is 1.45. The van der Waals surface area contributed by atoms with Crippen molar-refractivity contribution in [3.8, 4) is 17.2 Å². The SMILES string of the molecule is CCOc1cc(/C=C2\SC(=O)N(CCOc3cccc(C)c3)C2=O)cc(I)c1OCc1ccc(F)cc1. The summed E-state index contributed by atoms with van der Waals surface area (Å²) >= 11 is 3.05. The lowest BCUT2D eigenvalue weighted by Crippen LogP contribution is -2.32. The third kappa shape index (κ3) is 7.04. The van der Waals surface area contributed by atoms with Gasteiger partial charge in [0, 0.05) is 0 Å². The van der Waals surface area contributed by atoms with Crippen molar-refractivity contribution in [3.63, 3.8) is 0 Å². The number of nitrogens with zero attached hydrogens (tertiary/aromatic N) is 1. The molecule has 6 nitrogen and oxygen atoms in total. The lowest BCUT2D eigenvalue weighted by Gasteiger charge is -2.15. The van der Waals surface area contributed by atoms with Crippen LogP contribution >= 0.6 is 34.4 Å². The molecule has 1 saturated heterocycles. The van der Waals surface area contributed by atoms with Crippen LogP contribution in [-0.4, -0.2) is 35.8 Å². The van der Waals surface area contributed by atoms with E-state index in [1.165, 1.54) is 17.0 Å². The second-order valence-corrected chi connectivity index (χ2v) is 10.3. The molecule has 1 aliphatic heterocycles. The van der Waals surface area contributed by atoms with Gasteiger partial charge in [-0.25, -0.2) is 4.39 Å². The third-order valence-electron chi connectivity index (χ3n) is 5.37. The number of hydrogen-bond acceptors (Lipinski definition) is 6. The van der Waals surface area contributed by atoms with Gasteiger partial charge >= 0.3 is 0 Å². The van der Waals surface area contributed by atoms with Crippen molar-refractivity contribution in [1.82, 2.24) is 4.90 Å². The Morgan fingerprint density at radius 3 is 2.54 bits per heavy atom. The minimum Gasteiger partial charge on any atom is -0.492 e. The highest BCUT2D eigenvalue weighted by Crippen LogP contribution is 2.38. The van der Waals surface area contributed by atoms with Crippen LogP contribution in [0, 0.1) is 16.3 Å². The number of aryl methyl sites for hydroxylation is 1. The summed E-state index contributed by atoms with van der Waals surface area (Å²) < 4.78 is 31.5. The molecule has 1 fully saturated rings. The van der Waals surface area contributed by atoms with Crippen LogP contribution in [0.2, 0.25) is 0 Å². The van der Waals surface area contributed by atoms with E-state index in [4.69, 9.17) is 14.2 Å². The lowest BCUT2D eigenvalue weighted by atomic mass is 10.1. The number of thioether (sulfide) groups is 1. The van der Waals surface area contributed by atoms with Gasteiger partial charge in [0.1, 0.15) is 24.8 Å². The highest BCUT2D eigenvalue weighted by Gasteiger charge is 2.35. The topological polar surface area (TPSA) is 65.1 Å². The first-order valence-electron chi connectivity index (χ1n) is 11.6. The minimum atomic E-state index is -0.354. The first kappa shape index (κ1) is 27.0. The van der Waals surface area contributed by atoms with Gasteiger partial charge in [0.25, 0.3) is 11.1 Å². The average molecular weight is 633 g/mol. The van der Waals surface area contributed by atoms with Crippen LogP contribution in [0.15, 0.2) is 65.6 Å². The van der Waals surface area contributed by atoms with E-state index < -0.39 is 0 Å². The van der Waals surface area contributed by atoms with Crippen LogP contribution in [0.25, 0.3) is 6.08 Å². The fourth-order valence-electron chi connectivity index (χ4n) is 3.61. The molecule has 9 heteroatoms. The van der Waals surface area contributed by atoms with Crippen LogP contribution in [0.1, 0.15) is 23.6 Å². The molecule has 1 aliphatic rings. The zero-order chi connectivity index (χ0) is 26.4. The van der Waals surface area contributed by atoms with Crippen molar-refractivity contribution in [2.75, 3.05) is 19.8 Å². The predicted octanol–water partition coefficient (Wildman–Crippen LogP) is 6.83. The predicted molar refractivity (Wildman–Crippen MR) is 150 cm³/mol. The number of imide groups is 1. The van der Waals surface area contributed by atoms with Crippen LogP contribution < -0.4 is 14.2 Å². The molecule has 0 aliphatic carbocycles. The van der Waals surface area contributed by atoms with Gasteiger partial charge in [0.2, 0.25) is 0 Å². The number of benzene rings is 3. The standard InChI is InChI=1S/C28H25FINO5S/c1-3-34-24-15-20(14-23(30)26(24)36-17-19-7-9-21(29)10-8-19)16-25-27(32)31(28(33)37-25)11-12-35-22-6-4-5-18(2)13-22/h4-10,13-16H,3,11-12,17H2,1-2H3/b25-16-. The molecule has 37 heavy (non-hydrogen) atoms. The minimum absolute atomic E-state index is 0.161. The van der Waals surface area contributed by atoms with Crippen molar-refractivity contribution < 1.29 is 28.2 Å². The second kappa shape index (κ2) is 12.5. The van der Waals surface area contributed by atoms with Crippen LogP contribution in [-0.2, 0) is 11.4 Å². The third-order valence-corrected chi connectivity index (χ3v) is 7.08. The summed E-state index contributed by atoms with van der Waals surface area (Å²) in [5.41, 5.74) is 2.60. The molecule has 3 aromatic carbocycles. The molecule has 0 atom stereocenters. The molecular weight excluding hydrogens is 608 g/mol. The Bertz CT molecular complexity index is 1330. The Kier molecular flexibility index (Phi) is 9.09. The molecule has 3 aromatic rings. The molecule has 2 amide bonds. The van der Waals surface area contributed by atoms with E-state index in [1.807, 2.05) is 44.2 Å². The molecule has 0 radical (unpaired) electrons. The Labute approximate surface area is 232 Å². The zero-order valence-electron chi connectivity index (χ0n) is 20.3. The summed E-state index contributed by atoms with van der Waals surface area (Å²) in [4.78, 5) is 27.0.